The summed E-state index contributed by atoms with van der Waals surface area (Å²) in [5.74, 6) is 0.738. The van der Waals surface area contributed by atoms with Crippen molar-refractivity contribution in [1.29, 1.82) is 0 Å². The van der Waals surface area contributed by atoms with Gasteiger partial charge >= 0.3 is 0 Å². The van der Waals surface area contributed by atoms with Crippen molar-refractivity contribution in [2.24, 2.45) is 5.92 Å². The third kappa shape index (κ3) is 3.27. The predicted octanol–water partition coefficient (Wildman–Crippen LogP) is 2.83. The minimum atomic E-state index is -0.331. The third-order valence-electron chi connectivity index (χ3n) is 3.27. The van der Waals surface area contributed by atoms with Crippen molar-refractivity contribution in [2.45, 2.75) is 26.3 Å². The highest BCUT2D eigenvalue weighted by molar-refractivity contribution is 5.34. The maximum Gasteiger partial charge on any atom is 0.269 e. The van der Waals surface area contributed by atoms with E-state index in [1.54, 1.807) is 18.2 Å². The molecule has 2 rings (SSSR count). The molecular weight excluding hydrogens is 216 g/mol. The number of likely N-dealkylation sites (tertiary alicyclic amines) is 1. The zero-order valence-electron chi connectivity index (χ0n) is 10.1. The fourth-order valence-electron chi connectivity index (χ4n) is 2.46. The van der Waals surface area contributed by atoms with Crippen LogP contribution in [0.2, 0.25) is 0 Å². The summed E-state index contributed by atoms with van der Waals surface area (Å²) in [6.45, 7) is 5.29. The lowest BCUT2D eigenvalue weighted by Crippen LogP contribution is -2.33. The van der Waals surface area contributed by atoms with Gasteiger partial charge in [0.1, 0.15) is 0 Å². The number of nitro groups is 1. The van der Waals surface area contributed by atoms with Crippen LogP contribution in [0, 0.1) is 16.0 Å². The van der Waals surface area contributed by atoms with Gasteiger partial charge in [0.2, 0.25) is 0 Å². The van der Waals surface area contributed by atoms with E-state index in [0.29, 0.717) is 0 Å². The minimum Gasteiger partial charge on any atom is -0.299 e. The smallest absolute Gasteiger partial charge is 0.269 e. The lowest BCUT2D eigenvalue weighted by Gasteiger charge is -2.30. The maximum absolute atomic E-state index is 10.7. The summed E-state index contributed by atoms with van der Waals surface area (Å²) in [5, 5.41) is 10.7. The molecule has 0 spiro atoms. The van der Waals surface area contributed by atoms with Gasteiger partial charge in [-0.3, -0.25) is 15.0 Å². The molecule has 0 aliphatic carbocycles. The van der Waals surface area contributed by atoms with E-state index in [9.17, 15) is 10.1 Å². The fraction of sp³-hybridized carbons (Fsp3) is 0.538. The Morgan fingerprint density at radius 2 is 2.35 bits per heavy atom. The number of piperidine rings is 1. The summed E-state index contributed by atoms with van der Waals surface area (Å²) in [6.07, 6.45) is 2.53. The van der Waals surface area contributed by atoms with E-state index < -0.39 is 0 Å². The fourth-order valence-corrected chi connectivity index (χ4v) is 2.46. The molecule has 0 radical (unpaired) electrons. The van der Waals surface area contributed by atoms with Crippen molar-refractivity contribution in [3.8, 4) is 0 Å². The van der Waals surface area contributed by atoms with Crippen molar-refractivity contribution in [1.82, 2.24) is 4.90 Å². The number of rotatable bonds is 3. The minimum absolute atomic E-state index is 0.188. The molecule has 1 saturated heterocycles. The lowest BCUT2D eigenvalue weighted by atomic mass is 10.00. The summed E-state index contributed by atoms with van der Waals surface area (Å²) in [5.41, 5.74) is 1.22. The van der Waals surface area contributed by atoms with Crippen molar-refractivity contribution < 1.29 is 4.92 Å². The second kappa shape index (κ2) is 5.27. The molecule has 1 unspecified atom stereocenters. The van der Waals surface area contributed by atoms with E-state index in [1.807, 2.05) is 6.07 Å². The summed E-state index contributed by atoms with van der Waals surface area (Å²) in [6, 6.07) is 6.95. The molecule has 0 saturated carbocycles. The molecule has 1 aromatic rings. The van der Waals surface area contributed by atoms with Crippen LogP contribution in [0.3, 0.4) is 0 Å². The Morgan fingerprint density at radius 1 is 1.53 bits per heavy atom. The molecule has 1 atom stereocenters. The van der Waals surface area contributed by atoms with E-state index in [0.717, 1.165) is 31.1 Å². The Labute approximate surface area is 101 Å². The molecule has 1 aliphatic rings. The van der Waals surface area contributed by atoms with E-state index in [4.69, 9.17) is 0 Å². The van der Waals surface area contributed by atoms with Crippen molar-refractivity contribution in [3.05, 3.63) is 39.9 Å². The standard InChI is InChI=1S/C13H18N2O2/c1-11-4-3-7-14(9-11)10-12-5-2-6-13(8-12)15(16)17/h2,5-6,8,11H,3-4,7,9-10H2,1H3. The second-order valence-corrected chi connectivity index (χ2v) is 4.91. The highest BCUT2D eigenvalue weighted by atomic mass is 16.6. The molecular formula is C13H18N2O2. The van der Waals surface area contributed by atoms with Gasteiger partial charge in [-0.15, -0.1) is 0 Å². The Balaban J connectivity index is 2.02. The van der Waals surface area contributed by atoms with Crippen LogP contribution in [0.25, 0.3) is 0 Å². The van der Waals surface area contributed by atoms with Crippen LogP contribution < -0.4 is 0 Å². The molecule has 1 fully saturated rings. The quantitative estimate of drug-likeness (QED) is 0.596. The van der Waals surface area contributed by atoms with Crippen LogP contribution in [-0.4, -0.2) is 22.9 Å². The van der Waals surface area contributed by atoms with Crippen LogP contribution in [0.15, 0.2) is 24.3 Å². The van der Waals surface area contributed by atoms with Crippen LogP contribution in [0.5, 0.6) is 0 Å². The van der Waals surface area contributed by atoms with Gasteiger partial charge in [0, 0.05) is 25.2 Å². The van der Waals surface area contributed by atoms with Gasteiger partial charge in [-0.1, -0.05) is 19.1 Å². The van der Waals surface area contributed by atoms with Gasteiger partial charge in [0.15, 0.2) is 0 Å². The number of nitrogens with zero attached hydrogens (tertiary/aromatic N) is 2. The normalized spacial score (nSPS) is 21.4. The molecule has 1 aliphatic heterocycles. The maximum atomic E-state index is 10.7. The van der Waals surface area contributed by atoms with E-state index in [1.165, 1.54) is 12.8 Å². The Kier molecular flexibility index (Phi) is 3.74. The number of non-ortho nitro benzene ring substituents is 1. The summed E-state index contributed by atoms with van der Waals surface area (Å²) in [4.78, 5) is 12.7. The van der Waals surface area contributed by atoms with Gasteiger partial charge < -0.3 is 0 Å². The van der Waals surface area contributed by atoms with E-state index >= 15 is 0 Å². The van der Waals surface area contributed by atoms with Gasteiger partial charge in [-0.25, -0.2) is 0 Å². The topological polar surface area (TPSA) is 46.4 Å². The molecule has 1 aromatic carbocycles. The molecule has 4 heteroatoms. The zero-order chi connectivity index (χ0) is 12.3. The van der Waals surface area contributed by atoms with E-state index in [-0.39, 0.29) is 10.6 Å². The Bertz CT molecular complexity index is 406. The molecule has 92 valence electrons. The first-order valence-electron chi connectivity index (χ1n) is 6.11. The third-order valence-corrected chi connectivity index (χ3v) is 3.27. The first-order chi connectivity index (χ1) is 8.15. The number of nitro benzene ring substituents is 1. The number of benzene rings is 1. The zero-order valence-corrected chi connectivity index (χ0v) is 10.1. The van der Waals surface area contributed by atoms with Crippen LogP contribution in [0.4, 0.5) is 5.69 Å². The predicted molar refractivity (Wildman–Crippen MR) is 66.8 cm³/mol. The Hall–Kier alpha value is -1.42. The molecule has 0 aromatic heterocycles. The highest BCUT2D eigenvalue weighted by Crippen LogP contribution is 2.19. The average molecular weight is 234 g/mol. The summed E-state index contributed by atoms with van der Waals surface area (Å²) in [7, 11) is 0. The van der Waals surface area contributed by atoms with Crippen molar-refractivity contribution in [3.63, 3.8) is 0 Å². The first kappa shape index (κ1) is 12.0. The van der Waals surface area contributed by atoms with Gasteiger partial charge in [-0.05, 0) is 30.9 Å². The van der Waals surface area contributed by atoms with Crippen molar-refractivity contribution >= 4 is 5.69 Å². The molecule has 0 N–H and O–H groups in total. The molecule has 1 heterocycles. The highest BCUT2D eigenvalue weighted by Gasteiger charge is 2.16. The first-order valence-corrected chi connectivity index (χ1v) is 6.11. The van der Waals surface area contributed by atoms with Crippen molar-refractivity contribution in [2.75, 3.05) is 13.1 Å². The number of hydrogen-bond donors (Lipinski definition) is 0. The molecule has 0 bridgehead atoms. The van der Waals surface area contributed by atoms with Crippen LogP contribution in [-0.2, 0) is 6.54 Å². The molecule has 17 heavy (non-hydrogen) atoms. The van der Waals surface area contributed by atoms with Crippen LogP contribution >= 0.6 is 0 Å². The molecule has 0 amide bonds. The average Bonchev–Trinajstić information content (AvgIpc) is 2.29. The van der Waals surface area contributed by atoms with Gasteiger partial charge in [-0.2, -0.15) is 0 Å². The SMILES string of the molecule is CC1CCCN(Cc2cccc([N+](=O)[O-])c2)C1. The summed E-state index contributed by atoms with van der Waals surface area (Å²) >= 11 is 0. The monoisotopic (exact) mass is 234 g/mol. The lowest BCUT2D eigenvalue weighted by molar-refractivity contribution is -0.384. The van der Waals surface area contributed by atoms with Gasteiger partial charge in [0.05, 0.1) is 4.92 Å². The summed E-state index contributed by atoms with van der Waals surface area (Å²) < 4.78 is 0. The van der Waals surface area contributed by atoms with E-state index in [2.05, 4.69) is 11.8 Å². The van der Waals surface area contributed by atoms with Gasteiger partial charge in [0.25, 0.3) is 5.69 Å². The Morgan fingerprint density at radius 3 is 3.06 bits per heavy atom. The largest absolute Gasteiger partial charge is 0.299 e. The molecule has 4 nitrogen and oxygen atoms in total. The second-order valence-electron chi connectivity index (χ2n) is 4.91. The number of hydrogen-bond acceptors (Lipinski definition) is 3. The van der Waals surface area contributed by atoms with Crippen LogP contribution in [0.1, 0.15) is 25.3 Å².